The van der Waals surface area contributed by atoms with Crippen molar-refractivity contribution < 1.29 is 14.7 Å². The van der Waals surface area contributed by atoms with E-state index in [2.05, 4.69) is 17.2 Å². The molecule has 1 amide bonds. The van der Waals surface area contributed by atoms with Crippen LogP contribution in [0.1, 0.15) is 28.6 Å². The first kappa shape index (κ1) is 12.3. The number of aromatic carboxylic acids is 1. The van der Waals surface area contributed by atoms with Gasteiger partial charge in [-0.25, -0.2) is 4.79 Å². The fourth-order valence-electron chi connectivity index (χ4n) is 1.03. The Hall–Kier alpha value is -1.80. The third-order valence-electron chi connectivity index (χ3n) is 1.71. The van der Waals surface area contributed by atoms with Gasteiger partial charge in [0.05, 0.1) is 0 Å². The summed E-state index contributed by atoms with van der Waals surface area (Å²) in [6.45, 7) is 1.92. The summed E-state index contributed by atoms with van der Waals surface area (Å²) in [7, 11) is 0. The van der Waals surface area contributed by atoms with E-state index in [9.17, 15) is 9.59 Å². The maximum absolute atomic E-state index is 10.7. The Morgan fingerprint density at radius 2 is 2.31 bits per heavy atom. The summed E-state index contributed by atoms with van der Waals surface area (Å²) < 4.78 is 0. The molecule has 5 heteroatoms. The minimum atomic E-state index is -0.957. The summed E-state index contributed by atoms with van der Waals surface area (Å²) in [5.41, 5.74) is 0.528. The van der Waals surface area contributed by atoms with Crippen LogP contribution in [0.25, 0.3) is 0 Å². The van der Waals surface area contributed by atoms with Crippen molar-refractivity contribution in [2.24, 2.45) is 0 Å². The van der Waals surface area contributed by atoms with Gasteiger partial charge in [0.1, 0.15) is 4.88 Å². The molecule has 0 aromatic carbocycles. The molecule has 84 valence electrons. The van der Waals surface area contributed by atoms with Crippen LogP contribution in [0.15, 0.2) is 11.4 Å². The fourth-order valence-corrected chi connectivity index (χ4v) is 1.72. The zero-order chi connectivity index (χ0) is 12.0. The quantitative estimate of drug-likeness (QED) is 0.615. The third kappa shape index (κ3) is 3.75. The Kier molecular flexibility index (Phi) is 4.55. The number of thiophene rings is 1. The molecule has 0 aliphatic heterocycles. The van der Waals surface area contributed by atoms with Crippen LogP contribution < -0.4 is 5.32 Å². The molecule has 0 atom stereocenters. The van der Waals surface area contributed by atoms with Gasteiger partial charge in [-0.1, -0.05) is 11.8 Å². The van der Waals surface area contributed by atoms with E-state index in [1.807, 2.05) is 0 Å². The average molecular weight is 237 g/mol. The van der Waals surface area contributed by atoms with Crippen LogP contribution in [0.5, 0.6) is 0 Å². The van der Waals surface area contributed by atoms with E-state index in [4.69, 9.17) is 5.11 Å². The number of carbonyl (C=O) groups excluding carboxylic acids is 1. The van der Waals surface area contributed by atoms with E-state index >= 15 is 0 Å². The molecule has 0 saturated heterocycles. The summed E-state index contributed by atoms with van der Waals surface area (Å²) in [6, 6.07) is 1.68. The van der Waals surface area contributed by atoms with Gasteiger partial charge in [-0.3, -0.25) is 4.79 Å². The third-order valence-corrected chi connectivity index (χ3v) is 2.61. The molecule has 0 spiro atoms. The molecule has 1 rings (SSSR count). The Balaban J connectivity index is 2.53. The summed E-state index contributed by atoms with van der Waals surface area (Å²) in [5.74, 6) is 4.54. The standard InChI is InChI=1S/C11H11NO3S/c1-8(13)12-6-3-2-4-9-5-7-16-10(9)11(14)15/h5,7H,3,6H2,1H3,(H,12,13)(H,14,15). The van der Waals surface area contributed by atoms with Crippen LogP contribution in [0.3, 0.4) is 0 Å². The first-order valence-electron chi connectivity index (χ1n) is 4.65. The van der Waals surface area contributed by atoms with E-state index in [0.29, 0.717) is 18.5 Å². The summed E-state index contributed by atoms with van der Waals surface area (Å²) in [6.07, 6.45) is 0.508. The number of amides is 1. The molecule has 1 aromatic heterocycles. The van der Waals surface area contributed by atoms with Crippen molar-refractivity contribution in [1.29, 1.82) is 0 Å². The van der Waals surface area contributed by atoms with Crippen molar-refractivity contribution in [1.82, 2.24) is 5.32 Å². The van der Waals surface area contributed by atoms with Crippen LogP contribution in [0, 0.1) is 11.8 Å². The van der Waals surface area contributed by atoms with E-state index in [1.54, 1.807) is 11.4 Å². The molecule has 0 unspecified atom stereocenters. The Bertz CT molecular complexity index is 453. The van der Waals surface area contributed by atoms with Crippen LogP contribution in [-0.2, 0) is 4.79 Å². The van der Waals surface area contributed by atoms with Gasteiger partial charge in [-0.05, 0) is 11.4 Å². The highest BCUT2D eigenvalue weighted by molar-refractivity contribution is 7.12. The lowest BCUT2D eigenvalue weighted by atomic mass is 10.2. The molecule has 0 fully saturated rings. The molecule has 0 aliphatic carbocycles. The van der Waals surface area contributed by atoms with Gasteiger partial charge in [0.15, 0.2) is 0 Å². The van der Waals surface area contributed by atoms with E-state index in [-0.39, 0.29) is 10.8 Å². The van der Waals surface area contributed by atoms with Crippen molar-refractivity contribution >= 4 is 23.2 Å². The normalized spacial score (nSPS) is 9.06. The smallest absolute Gasteiger partial charge is 0.347 e. The lowest BCUT2D eigenvalue weighted by Gasteiger charge is -1.94. The molecule has 0 aliphatic rings. The number of hydrogen-bond acceptors (Lipinski definition) is 3. The molecule has 1 heterocycles. The first-order valence-corrected chi connectivity index (χ1v) is 5.53. The van der Waals surface area contributed by atoms with Gasteiger partial charge in [0.2, 0.25) is 5.91 Å². The van der Waals surface area contributed by atoms with Gasteiger partial charge >= 0.3 is 5.97 Å². The SMILES string of the molecule is CC(=O)NCCC#Cc1ccsc1C(=O)O. The summed E-state index contributed by atoms with van der Waals surface area (Å²) >= 11 is 1.15. The minimum Gasteiger partial charge on any atom is -0.477 e. The highest BCUT2D eigenvalue weighted by Gasteiger charge is 2.08. The van der Waals surface area contributed by atoms with Gasteiger partial charge in [-0.2, -0.15) is 0 Å². The molecule has 4 nitrogen and oxygen atoms in total. The zero-order valence-electron chi connectivity index (χ0n) is 8.74. The number of nitrogens with one attached hydrogen (secondary N) is 1. The molecule has 1 aromatic rings. The lowest BCUT2D eigenvalue weighted by molar-refractivity contribution is -0.118. The molecular weight excluding hydrogens is 226 g/mol. The highest BCUT2D eigenvalue weighted by Crippen LogP contribution is 2.15. The maximum Gasteiger partial charge on any atom is 0.347 e. The average Bonchev–Trinajstić information content (AvgIpc) is 2.65. The van der Waals surface area contributed by atoms with Crippen LogP contribution in [-0.4, -0.2) is 23.5 Å². The first-order chi connectivity index (χ1) is 7.61. The predicted octanol–water partition coefficient (Wildman–Crippen LogP) is 1.32. The van der Waals surface area contributed by atoms with E-state index in [1.165, 1.54) is 6.92 Å². The van der Waals surface area contributed by atoms with Crippen LogP contribution in [0.2, 0.25) is 0 Å². The number of rotatable bonds is 3. The Morgan fingerprint density at radius 1 is 1.56 bits per heavy atom. The molecule has 0 bridgehead atoms. The Morgan fingerprint density at radius 3 is 2.94 bits per heavy atom. The molecule has 2 N–H and O–H groups in total. The molecule has 0 radical (unpaired) electrons. The number of hydrogen-bond donors (Lipinski definition) is 2. The lowest BCUT2D eigenvalue weighted by Crippen LogP contribution is -2.20. The minimum absolute atomic E-state index is 0.0939. The van der Waals surface area contributed by atoms with Gasteiger partial charge in [0.25, 0.3) is 0 Å². The van der Waals surface area contributed by atoms with Crippen LogP contribution >= 0.6 is 11.3 Å². The van der Waals surface area contributed by atoms with E-state index in [0.717, 1.165) is 11.3 Å². The van der Waals surface area contributed by atoms with Gasteiger partial charge in [-0.15, -0.1) is 11.3 Å². The van der Waals surface area contributed by atoms with Gasteiger partial charge < -0.3 is 10.4 Å². The zero-order valence-corrected chi connectivity index (χ0v) is 9.56. The molecule has 16 heavy (non-hydrogen) atoms. The van der Waals surface area contributed by atoms with Crippen molar-refractivity contribution in [3.63, 3.8) is 0 Å². The second kappa shape index (κ2) is 5.93. The topological polar surface area (TPSA) is 66.4 Å². The van der Waals surface area contributed by atoms with E-state index < -0.39 is 5.97 Å². The monoisotopic (exact) mass is 237 g/mol. The van der Waals surface area contributed by atoms with Crippen molar-refractivity contribution in [3.8, 4) is 11.8 Å². The summed E-state index contributed by atoms with van der Waals surface area (Å²) in [4.78, 5) is 21.5. The number of carboxylic acid groups (broad SMARTS) is 1. The maximum atomic E-state index is 10.7. The second-order valence-electron chi connectivity index (χ2n) is 3.00. The number of carboxylic acids is 1. The number of carbonyl (C=O) groups is 2. The predicted molar refractivity (Wildman–Crippen MR) is 61.5 cm³/mol. The second-order valence-corrected chi connectivity index (χ2v) is 3.92. The summed E-state index contributed by atoms with van der Waals surface area (Å²) in [5, 5.41) is 13.1. The molecular formula is C11H11NO3S. The van der Waals surface area contributed by atoms with Crippen molar-refractivity contribution in [2.75, 3.05) is 6.54 Å². The fraction of sp³-hybridized carbons (Fsp3) is 0.273. The highest BCUT2D eigenvalue weighted by atomic mass is 32.1. The largest absolute Gasteiger partial charge is 0.477 e. The molecule has 0 saturated carbocycles. The van der Waals surface area contributed by atoms with Crippen molar-refractivity contribution in [2.45, 2.75) is 13.3 Å². The Labute approximate surface area is 97.3 Å². The van der Waals surface area contributed by atoms with Crippen LogP contribution in [0.4, 0.5) is 0 Å². The van der Waals surface area contributed by atoms with Gasteiger partial charge in [0, 0.05) is 25.5 Å². The van der Waals surface area contributed by atoms with Crippen molar-refractivity contribution in [3.05, 3.63) is 21.9 Å².